The van der Waals surface area contributed by atoms with Gasteiger partial charge in [-0.15, -0.1) is 0 Å². The van der Waals surface area contributed by atoms with Gasteiger partial charge in [-0.1, -0.05) is 134 Å². The lowest BCUT2D eigenvalue weighted by atomic mass is 9.84. The predicted molar refractivity (Wildman–Crippen MR) is 178 cm³/mol. The first-order valence-electron chi connectivity index (χ1n) is 14.9. The summed E-state index contributed by atoms with van der Waals surface area (Å²) in [5.41, 5.74) is 10.7. The largest absolute Gasteiger partial charge is 0.360 e. The molecule has 0 spiro atoms. The van der Waals surface area contributed by atoms with Gasteiger partial charge in [0.05, 0.1) is 6.04 Å². The fourth-order valence-electron chi connectivity index (χ4n) is 7.45. The third kappa shape index (κ3) is 3.98. The summed E-state index contributed by atoms with van der Waals surface area (Å²) in [6.07, 6.45) is 24.2. The van der Waals surface area contributed by atoms with Crippen molar-refractivity contribution in [3.8, 4) is 22.3 Å². The molecule has 4 aliphatic rings. The van der Waals surface area contributed by atoms with Gasteiger partial charge in [-0.05, 0) is 62.7 Å². The molecule has 4 unspecified atom stereocenters. The number of nitrogens with zero attached hydrogens (tertiary/aromatic N) is 1. The molecule has 2 nitrogen and oxygen atoms in total. The van der Waals surface area contributed by atoms with Crippen molar-refractivity contribution in [3.05, 3.63) is 157 Å². The molecule has 0 bridgehead atoms. The highest BCUT2D eigenvalue weighted by atomic mass is 15.2. The number of hydrogen-bond acceptors (Lipinski definition) is 2. The van der Waals surface area contributed by atoms with Crippen molar-refractivity contribution in [2.24, 2.45) is 11.8 Å². The SMILES string of the molecule is N=C/C=C\C=C\C1=CC=C2c3c(cc(-c4ccc(-c5ccccc5)cc4)c4ccccc34)N(C3C=CC=CC3)C3C1C23. The van der Waals surface area contributed by atoms with Crippen LogP contribution in [0.5, 0.6) is 0 Å². The summed E-state index contributed by atoms with van der Waals surface area (Å²) >= 11 is 0. The Bertz CT molecular complexity index is 1880. The molecule has 1 fully saturated rings. The highest BCUT2D eigenvalue weighted by Crippen LogP contribution is 2.64. The van der Waals surface area contributed by atoms with E-state index in [-0.39, 0.29) is 0 Å². The maximum Gasteiger partial charge on any atom is 0.0514 e. The van der Waals surface area contributed by atoms with Gasteiger partial charge in [0.15, 0.2) is 0 Å². The van der Waals surface area contributed by atoms with E-state index in [0.29, 0.717) is 23.9 Å². The van der Waals surface area contributed by atoms with Gasteiger partial charge >= 0.3 is 0 Å². The molecule has 3 aliphatic carbocycles. The predicted octanol–water partition coefficient (Wildman–Crippen LogP) is 9.58. The standard InChI is InChI=1S/C40H32N2/c41-25-11-3-6-14-30-23-24-34-38-33-18-10-9-17-32(33)35(29-21-19-28(20-22-29)27-12-4-1-5-13-27)26-36(38)42(40-37(30)39(34)40)31-15-7-2-8-16-31/h1-15,17-26,31,37,39-41H,16H2/b11-3-,14-6+,41-25?. The summed E-state index contributed by atoms with van der Waals surface area (Å²) in [5.74, 6) is 0.987. The molecule has 0 amide bonds. The maximum absolute atomic E-state index is 7.29. The Kier molecular flexibility index (Phi) is 6.00. The maximum atomic E-state index is 7.29. The monoisotopic (exact) mass is 540 g/mol. The van der Waals surface area contributed by atoms with E-state index in [4.69, 9.17) is 5.41 Å². The van der Waals surface area contributed by atoms with Crippen LogP contribution in [0.4, 0.5) is 5.69 Å². The van der Waals surface area contributed by atoms with Gasteiger partial charge in [0.25, 0.3) is 0 Å². The van der Waals surface area contributed by atoms with Crippen molar-refractivity contribution >= 4 is 28.2 Å². The molecule has 1 saturated carbocycles. The van der Waals surface area contributed by atoms with Crippen molar-refractivity contribution in [3.63, 3.8) is 0 Å². The second-order valence-electron chi connectivity index (χ2n) is 11.6. The average molecular weight is 541 g/mol. The normalized spacial score (nSPS) is 23.6. The highest BCUT2D eigenvalue weighted by Gasteiger charge is 2.61. The minimum Gasteiger partial charge on any atom is -0.360 e. The third-order valence-electron chi connectivity index (χ3n) is 9.32. The smallest absolute Gasteiger partial charge is 0.0514 e. The lowest BCUT2D eigenvalue weighted by Crippen LogP contribution is -2.40. The first kappa shape index (κ1) is 24.8. The van der Waals surface area contributed by atoms with Crippen molar-refractivity contribution in [1.82, 2.24) is 0 Å². The fourth-order valence-corrected chi connectivity index (χ4v) is 7.45. The molecule has 202 valence electrons. The quantitative estimate of drug-likeness (QED) is 0.191. The van der Waals surface area contributed by atoms with Gasteiger partial charge in [-0.3, -0.25) is 0 Å². The van der Waals surface area contributed by atoms with E-state index in [1.807, 2.05) is 6.08 Å². The molecule has 1 N–H and O–H groups in total. The van der Waals surface area contributed by atoms with Crippen LogP contribution in [0.1, 0.15) is 12.0 Å². The van der Waals surface area contributed by atoms with Crippen molar-refractivity contribution in [1.29, 1.82) is 5.41 Å². The summed E-state index contributed by atoms with van der Waals surface area (Å²) in [4.78, 5) is 2.75. The van der Waals surface area contributed by atoms with Crippen molar-refractivity contribution < 1.29 is 0 Å². The topological polar surface area (TPSA) is 27.1 Å². The fraction of sp³-hybridized carbons (Fsp3) is 0.125. The van der Waals surface area contributed by atoms with Crippen molar-refractivity contribution in [2.75, 3.05) is 4.90 Å². The van der Waals surface area contributed by atoms with Gasteiger partial charge in [-0.25, -0.2) is 0 Å². The Morgan fingerprint density at radius 1 is 0.714 bits per heavy atom. The van der Waals surface area contributed by atoms with Crippen LogP contribution in [0, 0.1) is 17.2 Å². The molecule has 4 aromatic rings. The Labute approximate surface area is 247 Å². The molecule has 1 aliphatic heterocycles. The summed E-state index contributed by atoms with van der Waals surface area (Å²) in [5, 5.41) is 9.94. The van der Waals surface area contributed by atoms with Gasteiger partial charge in [-0.2, -0.15) is 0 Å². The minimum absolute atomic E-state index is 0.336. The van der Waals surface area contributed by atoms with E-state index in [1.54, 1.807) is 6.08 Å². The Hall–Kier alpha value is -4.95. The van der Waals surface area contributed by atoms with Gasteiger partial charge < -0.3 is 10.3 Å². The lowest BCUT2D eigenvalue weighted by molar-refractivity contribution is 0.654. The molecule has 4 atom stereocenters. The lowest BCUT2D eigenvalue weighted by Gasteiger charge is -2.39. The molecular formula is C40H32N2. The van der Waals surface area contributed by atoms with Crippen LogP contribution in [0.25, 0.3) is 38.6 Å². The zero-order valence-electron chi connectivity index (χ0n) is 23.4. The zero-order chi connectivity index (χ0) is 28.0. The number of fused-ring (bicyclic) bond motifs is 5. The number of anilines is 1. The molecule has 2 heteroatoms. The molecule has 0 aromatic heterocycles. The Balaban J connectivity index is 1.30. The molecule has 8 rings (SSSR count). The summed E-state index contributed by atoms with van der Waals surface area (Å²) in [7, 11) is 0. The van der Waals surface area contributed by atoms with Crippen LogP contribution in [0.15, 0.2) is 151 Å². The average Bonchev–Trinajstić information content (AvgIpc) is 3.80. The molecular weight excluding hydrogens is 508 g/mol. The first-order chi connectivity index (χ1) is 20.8. The summed E-state index contributed by atoms with van der Waals surface area (Å²) < 4.78 is 0. The number of nitrogens with one attached hydrogen (secondary N) is 1. The van der Waals surface area contributed by atoms with Crippen LogP contribution >= 0.6 is 0 Å². The van der Waals surface area contributed by atoms with E-state index in [0.717, 1.165) is 6.42 Å². The molecule has 4 aromatic carbocycles. The number of benzene rings is 4. The van der Waals surface area contributed by atoms with Crippen molar-refractivity contribution in [2.45, 2.75) is 18.5 Å². The van der Waals surface area contributed by atoms with E-state index in [1.165, 1.54) is 61.6 Å². The zero-order valence-corrected chi connectivity index (χ0v) is 23.4. The van der Waals surface area contributed by atoms with Gasteiger partial charge in [0.1, 0.15) is 0 Å². The molecule has 0 saturated heterocycles. The Morgan fingerprint density at radius 2 is 1.48 bits per heavy atom. The number of rotatable bonds is 6. The van der Waals surface area contributed by atoms with Crippen LogP contribution in [0.2, 0.25) is 0 Å². The van der Waals surface area contributed by atoms with Gasteiger partial charge in [0, 0.05) is 35.3 Å². The number of hydrogen-bond donors (Lipinski definition) is 1. The van der Waals surface area contributed by atoms with Crippen LogP contribution in [-0.4, -0.2) is 18.3 Å². The highest BCUT2D eigenvalue weighted by molar-refractivity contribution is 6.09. The van der Waals surface area contributed by atoms with E-state index in [9.17, 15) is 0 Å². The third-order valence-corrected chi connectivity index (χ3v) is 9.32. The van der Waals surface area contributed by atoms with E-state index in [2.05, 4.69) is 138 Å². The van der Waals surface area contributed by atoms with Gasteiger partial charge in [0.2, 0.25) is 0 Å². The first-order valence-corrected chi connectivity index (χ1v) is 14.9. The molecule has 42 heavy (non-hydrogen) atoms. The number of allylic oxidation sites excluding steroid dienone is 8. The van der Waals surface area contributed by atoms with Crippen LogP contribution < -0.4 is 4.90 Å². The summed E-state index contributed by atoms with van der Waals surface area (Å²) in [6, 6.07) is 32.0. The van der Waals surface area contributed by atoms with Crippen LogP contribution in [-0.2, 0) is 0 Å². The minimum atomic E-state index is 0.336. The Morgan fingerprint density at radius 3 is 2.26 bits per heavy atom. The van der Waals surface area contributed by atoms with Crippen LogP contribution in [0.3, 0.4) is 0 Å². The molecule has 0 radical (unpaired) electrons. The second kappa shape index (κ2) is 10.2. The molecule has 1 heterocycles. The van der Waals surface area contributed by atoms with E-state index < -0.39 is 0 Å². The summed E-state index contributed by atoms with van der Waals surface area (Å²) in [6.45, 7) is 0. The van der Waals surface area contributed by atoms with E-state index >= 15 is 0 Å². The second-order valence-corrected chi connectivity index (χ2v) is 11.6.